The molecule has 0 spiro atoms. The van der Waals surface area contributed by atoms with Crippen molar-refractivity contribution in [2.75, 3.05) is 7.05 Å². The average Bonchev–Trinajstić information content (AvgIpc) is 2.60. The lowest BCUT2D eigenvalue weighted by Crippen LogP contribution is -2.57. The van der Waals surface area contributed by atoms with Crippen molar-refractivity contribution in [1.82, 2.24) is 10.6 Å². The summed E-state index contributed by atoms with van der Waals surface area (Å²) in [6.07, 6.45) is 4.16. The minimum Gasteiger partial charge on any atom is -0.309 e. The number of hydrogen-bond acceptors (Lipinski definition) is 2. The maximum atomic E-state index is 13.4. The molecule has 2 atom stereocenters. The Hall–Kier alpha value is -1.49. The van der Waals surface area contributed by atoms with Gasteiger partial charge in [-0.3, -0.25) is 0 Å². The molecule has 0 heterocycles. The molecule has 3 rings (SSSR count). The van der Waals surface area contributed by atoms with E-state index in [1.165, 1.54) is 12.1 Å². The summed E-state index contributed by atoms with van der Waals surface area (Å²) in [5.41, 5.74) is 1.39. The highest BCUT2D eigenvalue weighted by Gasteiger charge is 2.41. The average molecular weight is 365 g/mol. The summed E-state index contributed by atoms with van der Waals surface area (Å²) in [7, 11) is 1.95. The molecule has 5 heteroatoms. The summed E-state index contributed by atoms with van der Waals surface area (Å²) in [5, 5.41) is 7.73. The molecule has 0 bridgehead atoms. The van der Waals surface area contributed by atoms with Gasteiger partial charge in [0.2, 0.25) is 0 Å². The number of benzene rings is 2. The van der Waals surface area contributed by atoms with Gasteiger partial charge >= 0.3 is 0 Å². The number of likely N-dealkylation sites (N-methyl/N-ethyl adjacent to an activating group) is 1. The second kappa shape index (κ2) is 7.81. The fourth-order valence-electron chi connectivity index (χ4n) is 3.98. The first-order chi connectivity index (χ1) is 12.0. The van der Waals surface area contributed by atoms with Gasteiger partial charge in [0.1, 0.15) is 11.6 Å². The molecule has 0 aliphatic heterocycles. The second-order valence-electron chi connectivity index (χ2n) is 6.66. The van der Waals surface area contributed by atoms with Gasteiger partial charge in [-0.05, 0) is 49.2 Å². The Labute approximate surface area is 152 Å². The van der Waals surface area contributed by atoms with Crippen molar-refractivity contribution in [3.8, 4) is 0 Å². The molecule has 2 aromatic carbocycles. The predicted octanol–water partition coefficient (Wildman–Crippen LogP) is 4.77. The molecule has 0 aromatic heterocycles. The van der Waals surface area contributed by atoms with Crippen LogP contribution in [0.2, 0.25) is 5.02 Å². The molecule has 0 amide bonds. The Morgan fingerprint density at radius 3 is 2.52 bits per heavy atom. The van der Waals surface area contributed by atoms with Crippen LogP contribution in [0.25, 0.3) is 0 Å². The van der Waals surface area contributed by atoms with Gasteiger partial charge in [0.15, 0.2) is 0 Å². The van der Waals surface area contributed by atoms with Crippen molar-refractivity contribution >= 4 is 11.6 Å². The molecule has 1 aliphatic carbocycles. The molecular weight excluding hydrogens is 342 g/mol. The number of halogens is 3. The summed E-state index contributed by atoms with van der Waals surface area (Å²) in [6, 6.07) is 11.6. The smallest absolute Gasteiger partial charge is 0.126 e. The fourth-order valence-corrected chi connectivity index (χ4v) is 4.29. The third-order valence-corrected chi connectivity index (χ3v) is 5.51. The Bertz CT molecular complexity index is 717. The lowest BCUT2D eigenvalue weighted by atomic mass is 9.72. The summed E-state index contributed by atoms with van der Waals surface area (Å²) in [6.45, 7) is 0.410. The summed E-state index contributed by atoms with van der Waals surface area (Å²) in [4.78, 5) is 0. The van der Waals surface area contributed by atoms with E-state index in [-0.39, 0.29) is 11.6 Å². The van der Waals surface area contributed by atoms with Crippen LogP contribution in [0.5, 0.6) is 0 Å². The van der Waals surface area contributed by atoms with Gasteiger partial charge in [-0.15, -0.1) is 0 Å². The van der Waals surface area contributed by atoms with Crippen LogP contribution in [-0.2, 0) is 12.1 Å². The highest BCUT2D eigenvalue weighted by molar-refractivity contribution is 6.31. The standard InChI is InChI=1S/C20H23ClF2N2/c1-24-20(17-6-2-3-7-18(17)21)9-5-4-8-19(20)25-13-14-10-15(22)12-16(23)11-14/h2-3,6-7,10-12,19,24-25H,4-5,8-9,13H2,1H3/t19-,20+/m0/s1. The fraction of sp³-hybridized carbons (Fsp3) is 0.400. The van der Waals surface area contributed by atoms with Gasteiger partial charge in [0.05, 0.1) is 5.54 Å². The van der Waals surface area contributed by atoms with Crippen molar-refractivity contribution in [1.29, 1.82) is 0 Å². The Morgan fingerprint density at radius 1 is 1.12 bits per heavy atom. The molecule has 1 saturated carbocycles. The van der Waals surface area contributed by atoms with Crippen LogP contribution in [0.1, 0.15) is 36.8 Å². The zero-order valence-electron chi connectivity index (χ0n) is 14.3. The third-order valence-electron chi connectivity index (χ3n) is 5.18. The van der Waals surface area contributed by atoms with Crippen LogP contribution < -0.4 is 10.6 Å². The molecule has 25 heavy (non-hydrogen) atoms. The van der Waals surface area contributed by atoms with Crippen LogP contribution in [0.4, 0.5) is 8.78 Å². The molecule has 2 N–H and O–H groups in total. The minimum atomic E-state index is -0.550. The quantitative estimate of drug-likeness (QED) is 0.798. The van der Waals surface area contributed by atoms with Gasteiger partial charge in [-0.1, -0.05) is 42.6 Å². The van der Waals surface area contributed by atoms with E-state index in [0.29, 0.717) is 12.1 Å². The number of hydrogen-bond donors (Lipinski definition) is 2. The maximum Gasteiger partial charge on any atom is 0.126 e. The van der Waals surface area contributed by atoms with Crippen LogP contribution >= 0.6 is 11.6 Å². The van der Waals surface area contributed by atoms with Crippen LogP contribution in [-0.4, -0.2) is 13.1 Å². The molecule has 0 saturated heterocycles. The number of nitrogens with one attached hydrogen (secondary N) is 2. The Morgan fingerprint density at radius 2 is 1.84 bits per heavy atom. The first-order valence-corrected chi connectivity index (χ1v) is 9.05. The molecular formula is C20H23ClF2N2. The minimum absolute atomic E-state index is 0.123. The molecule has 0 unspecified atom stereocenters. The van der Waals surface area contributed by atoms with E-state index in [1.54, 1.807) is 0 Å². The van der Waals surface area contributed by atoms with Crippen LogP contribution in [0.3, 0.4) is 0 Å². The van der Waals surface area contributed by atoms with Gasteiger partial charge in [0, 0.05) is 23.7 Å². The van der Waals surface area contributed by atoms with E-state index < -0.39 is 11.6 Å². The SMILES string of the molecule is CN[C@@]1(c2ccccc2Cl)CCCC[C@@H]1NCc1cc(F)cc(F)c1. The van der Waals surface area contributed by atoms with E-state index in [1.807, 2.05) is 25.2 Å². The molecule has 1 aliphatic rings. The highest BCUT2D eigenvalue weighted by atomic mass is 35.5. The topological polar surface area (TPSA) is 24.1 Å². The van der Waals surface area contributed by atoms with E-state index in [9.17, 15) is 8.78 Å². The summed E-state index contributed by atoms with van der Waals surface area (Å²) in [5.74, 6) is -1.10. The lowest BCUT2D eigenvalue weighted by Gasteiger charge is -2.45. The van der Waals surface area contributed by atoms with Crippen molar-refractivity contribution < 1.29 is 8.78 Å². The van der Waals surface area contributed by atoms with E-state index in [4.69, 9.17) is 11.6 Å². The lowest BCUT2D eigenvalue weighted by molar-refractivity contribution is 0.176. The molecule has 0 radical (unpaired) electrons. The van der Waals surface area contributed by atoms with Gasteiger partial charge < -0.3 is 10.6 Å². The first kappa shape index (κ1) is 18.3. The van der Waals surface area contributed by atoms with Crippen molar-refractivity contribution in [3.05, 3.63) is 70.2 Å². The van der Waals surface area contributed by atoms with E-state index in [2.05, 4.69) is 16.7 Å². The van der Waals surface area contributed by atoms with Crippen molar-refractivity contribution in [2.45, 2.75) is 43.8 Å². The van der Waals surface area contributed by atoms with Gasteiger partial charge in [-0.25, -0.2) is 8.78 Å². The molecule has 2 aromatic rings. The molecule has 134 valence electrons. The van der Waals surface area contributed by atoms with E-state index >= 15 is 0 Å². The molecule has 2 nitrogen and oxygen atoms in total. The zero-order chi connectivity index (χ0) is 17.9. The third kappa shape index (κ3) is 3.86. The first-order valence-electron chi connectivity index (χ1n) is 8.67. The summed E-state index contributed by atoms with van der Waals surface area (Å²) >= 11 is 6.48. The van der Waals surface area contributed by atoms with Crippen LogP contribution in [0, 0.1) is 11.6 Å². The Kier molecular flexibility index (Phi) is 5.72. The largest absolute Gasteiger partial charge is 0.309 e. The monoisotopic (exact) mass is 364 g/mol. The molecule has 1 fully saturated rings. The normalized spacial score (nSPS) is 23.6. The Balaban J connectivity index is 1.86. The zero-order valence-corrected chi connectivity index (χ0v) is 15.0. The van der Waals surface area contributed by atoms with Crippen LogP contribution in [0.15, 0.2) is 42.5 Å². The van der Waals surface area contributed by atoms with Crippen molar-refractivity contribution in [3.63, 3.8) is 0 Å². The van der Waals surface area contributed by atoms with Crippen molar-refractivity contribution in [2.24, 2.45) is 0 Å². The second-order valence-corrected chi connectivity index (χ2v) is 7.07. The van der Waals surface area contributed by atoms with E-state index in [0.717, 1.165) is 42.3 Å². The summed E-state index contributed by atoms with van der Waals surface area (Å²) < 4.78 is 26.9. The highest BCUT2D eigenvalue weighted by Crippen LogP contribution is 2.40. The van der Waals surface area contributed by atoms with Gasteiger partial charge in [-0.2, -0.15) is 0 Å². The number of rotatable bonds is 5. The predicted molar refractivity (Wildman–Crippen MR) is 97.6 cm³/mol. The van der Waals surface area contributed by atoms with Gasteiger partial charge in [0.25, 0.3) is 0 Å². The maximum absolute atomic E-state index is 13.4.